The van der Waals surface area contributed by atoms with Crippen molar-refractivity contribution in [3.05, 3.63) is 97.2 Å². The van der Waals surface area contributed by atoms with Crippen LogP contribution in [-0.4, -0.2) is 18.3 Å². The van der Waals surface area contributed by atoms with Crippen LogP contribution in [0, 0.1) is 0 Å². The normalized spacial score (nSPS) is 12.2. The van der Waals surface area contributed by atoms with Crippen molar-refractivity contribution in [3.8, 4) is 11.3 Å². The van der Waals surface area contributed by atoms with Crippen LogP contribution in [0.4, 0.5) is 0 Å². The van der Waals surface area contributed by atoms with Gasteiger partial charge in [-0.3, -0.25) is 0 Å². The van der Waals surface area contributed by atoms with Gasteiger partial charge >= 0.3 is 185 Å². The van der Waals surface area contributed by atoms with E-state index in [0.29, 0.717) is 0 Å². The van der Waals surface area contributed by atoms with Crippen molar-refractivity contribution >= 4 is 60.8 Å². The summed E-state index contributed by atoms with van der Waals surface area (Å²) in [7, 11) is 0. The first-order valence-electron chi connectivity index (χ1n) is 11.2. The maximum atomic E-state index is 4.91. The minimum absolute atomic E-state index is 1.06. The Kier molecular flexibility index (Phi) is 4.38. The summed E-state index contributed by atoms with van der Waals surface area (Å²) < 4.78 is 1.55. The van der Waals surface area contributed by atoms with Gasteiger partial charge in [0.25, 0.3) is 0 Å². The van der Waals surface area contributed by atoms with E-state index in [1.165, 1.54) is 48.7 Å². The van der Waals surface area contributed by atoms with Gasteiger partial charge in [-0.2, -0.15) is 0 Å². The Balaban J connectivity index is 1.68. The van der Waals surface area contributed by atoms with Gasteiger partial charge in [0.05, 0.1) is 0 Å². The molecule has 5 aromatic carbocycles. The Morgan fingerprint density at radius 3 is 1.97 bits per heavy atom. The van der Waals surface area contributed by atoms with Gasteiger partial charge in [0, 0.05) is 0 Å². The fourth-order valence-corrected chi connectivity index (χ4v) is 7.39. The molecule has 0 aliphatic carbocycles. The van der Waals surface area contributed by atoms with Gasteiger partial charge < -0.3 is 0 Å². The van der Waals surface area contributed by atoms with Gasteiger partial charge in [-0.1, -0.05) is 6.07 Å². The molecule has 0 aliphatic heterocycles. The number of hydrogen-bond acceptors (Lipinski definition) is 1. The molecule has 1 aromatic heterocycles. The van der Waals surface area contributed by atoms with Gasteiger partial charge in [-0.05, 0) is 0 Å². The van der Waals surface area contributed by atoms with E-state index in [1.54, 1.807) is 4.40 Å². The maximum absolute atomic E-state index is 4.91. The molecule has 0 N–H and O–H groups in total. The van der Waals surface area contributed by atoms with Crippen molar-refractivity contribution in [2.75, 3.05) is 0 Å². The first-order valence-corrected chi connectivity index (χ1v) is 18.6. The number of fused-ring (bicyclic) bond motifs is 6. The average molecular weight is 472 g/mol. The second-order valence-electron chi connectivity index (χ2n) is 9.70. The zero-order valence-corrected chi connectivity index (χ0v) is 20.8. The second kappa shape index (κ2) is 7.18. The van der Waals surface area contributed by atoms with Crippen LogP contribution in [0.5, 0.6) is 0 Å². The van der Waals surface area contributed by atoms with Gasteiger partial charge in [0.15, 0.2) is 0 Å². The van der Waals surface area contributed by atoms with Crippen LogP contribution in [0.25, 0.3) is 54.3 Å². The second-order valence-corrected chi connectivity index (χ2v) is 20.3. The van der Waals surface area contributed by atoms with Crippen molar-refractivity contribution in [1.29, 1.82) is 0 Å². The predicted molar refractivity (Wildman–Crippen MR) is 143 cm³/mol. The van der Waals surface area contributed by atoms with Crippen LogP contribution in [0.3, 0.4) is 0 Å². The van der Waals surface area contributed by atoms with Crippen LogP contribution in [-0.2, 0) is 0 Å². The summed E-state index contributed by atoms with van der Waals surface area (Å²) >= 11 is -1.87. The third-order valence-electron chi connectivity index (χ3n) is 6.65. The molecule has 1 heterocycles. The first-order chi connectivity index (χ1) is 15.5. The van der Waals surface area contributed by atoms with E-state index >= 15 is 0 Å². The summed E-state index contributed by atoms with van der Waals surface area (Å²) in [5.74, 6) is 7.36. The molecule has 0 radical (unpaired) electrons. The Morgan fingerprint density at radius 1 is 0.531 bits per heavy atom. The molecule has 0 spiro atoms. The van der Waals surface area contributed by atoms with Crippen molar-refractivity contribution in [2.45, 2.75) is 17.3 Å². The molecule has 0 unspecified atom stereocenters. The van der Waals surface area contributed by atoms with Gasteiger partial charge in [0.1, 0.15) is 0 Å². The standard InChI is InChI=1S/C30H25GeN/c1-31(2,3)22-13-15-24-21(18-22)12-14-28-27(24)16-17-32-30(28)29-19-20-8-4-5-9-23(20)25-10-6-7-11-26(25)29/h4-19H,1-3H3. The van der Waals surface area contributed by atoms with Crippen molar-refractivity contribution in [3.63, 3.8) is 0 Å². The molecule has 0 fully saturated rings. The average Bonchev–Trinajstić information content (AvgIpc) is 2.82. The molecular formula is C30H25GeN. The summed E-state index contributed by atoms with van der Waals surface area (Å²) in [5.41, 5.74) is 2.26. The monoisotopic (exact) mass is 473 g/mol. The Morgan fingerprint density at radius 2 is 1.16 bits per heavy atom. The number of pyridine rings is 1. The summed E-state index contributed by atoms with van der Waals surface area (Å²) in [5, 5.41) is 10.2. The van der Waals surface area contributed by atoms with E-state index in [0.717, 1.165) is 5.69 Å². The molecule has 0 saturated carbocycles. The predicted octanol–water partition coefficient (Wildman–Crippen LogP) is 7.91. The van der Waals surface area contributed by atoms with E-state index in [2.05, 4.69) is 108 Å². The summed E-state index contributed by atoms with van der Waals surface area (Å²) in [6, 6.07) is 33.5. The first kappa shape index (κ1) is 19.5. The third kappa shape index (κ3) is 3.03. The zero-order chi connectivity index (χ0) is 21.9. The number of aromatic nitrogens is 1. The van der Waals surface area contributed by atoms with Crippen LogP contribution in [0.15, 0.2) is 97.2 Å². The Bertz CT molecular complexity index is 1660. The van der Waals surface area contributed by atoms with Crippen LogP contribution >= 0.6 is 0 Å². The van der Waals surface area contributed by atoms with E-state index in [9.17, 15) is 0 Å². The number of benzene rings is 5. The number of hydrogen-bond donors (Lipinski definition) is 0. The molecule has 0 aliphatic rings. The molecule has 6 rings (SSSR count). The summed E-state index contributed by atoms with van der Waals surface area (Å²) in [4.78, 5) is 4.91. The zero-order valence-electron chi connectivity index (χ0n) is 18.7. The molecule has 0 bridgehead atoms. The van der Waals surface area contributed by atoms with Gasteiger partial charge in [-0.25, -0.2) is 0 Å². The molecule has 0 saturated heterocycles. The van der Waals surface area contributed by atoms with E-state index < -0.39 is 13.3 Å². The van der Waals surface area contributed by atoms with E-state index in [1.807, 2.05) is 6.20 Å². The van der Waals surface area contributed by atoms with Crippen LogP contribution < -0.4 is 4.40 Å². The SMILES string of the molecule is [CH3][Ge]([CH3])([CH3])[c]1ccc2c(ccc3c(-c4cc5ccccc5c5ccccc45)nccc32)c1. The molecule has 154 valence electrons. The van der Waals surface area contributed by atoms with Crippen molar-refractivity contribution < 1.29 is 0 Å². The van der Waals surface area contributed by atoms with Crippen molar-refractivity contribution in [2.24, 2.45) is 0 Å². The molecule has 1 nitrogen and oxygen atoms in total. The molecule has 32 heavy (non-hydrogen) atoms. The topological polar surface area (TPSA) is 12.9 Å². The van der Waals surface area contributed by atoms with Crippen LogP contribution in [0.2, 0.25) is 17.3 Å². The molecule has 0 amide bonds. The minimum atomic E-state index is -1.87. The number of nitrogens with zero attached hydrogens (tertiary/aromatic N) is 1. The molecule has 0 atom stereocenters. The third-order valence-corrected chi connectivity index (χ3v) is 10.9. The number of rotatable bonds is 2. The molecule has 6 aromatic rings. The van der Waals surface area contributed by atoms with E-state index in [4.69, 9.17) is 4.98 Å². The quantitative estimate of drug-likeness (QED) is 0.184. The van der Waals surface area contributed by atoms with Gasteiger partial charge in [-0.15, -0.1) is 0 Å². The van der Waals surface area contributed by atoms with Crippen LogP contribution in [0.1, 0.15) is 0 Å². The van der Waals surface area contributed by atoms with Crippen molar-refractivity contribution in [1.82, 2.24) is 4.98 Å². The Labute approximate surface area is 191 Å². The molecular weight excluding hydrogens is 447 g/mol. The van der Waals surface area contributed by atoms with E-state index in [-0.39, 0.29) is 0 Å². The molecule has 2 heteroatoms. The fourth-order valence-electron chi connectivity index (χ4n) is 4.93. The Hall–Kier alpha value is -3.17. The summed E-state index contributed by atoms with van der Waals surface area (Å²) in [6.07, 6.45) is 1.97. The van der Waals surface area contributed by atoms with Gasteiger partial charge in [0.2, 0.25) is 0 Å². The summed E-state index contributed by atoms with van der Waals surface area (Å²) in [6.45, 7) is 0. The fraction of sp³-hybridized carbons (Fsp3) is 0.100.